The number of para-hydroxylation sites is 1. The minimum atomic E-state index is 1.26. The van der Waals surface area contributed by atoms with Crippen LogP contribution >= 0.6 is 0 Å². The summed E-state index contributed by atoms with van der Waals surface area (Å²) in [4.78, 5) is 0. The van der Waals surface area contributed by atoms with Crippen molar-refractivity contribution in [3.63, 3.8) is 0 Å². The summed E-state index contributed by atoms with van der Waals surface area (Å²) in [5.41, 5.74) is 10.4. The molecule has 0 aliphatic rings. The molecule has 154 valence electrons. The number of aryl methyl sites for hydroxylation is 3. The number of hydrogen-bond acceptors (Lipinski definition) is 0. The van der Waals surface area contributed by atoms with E-state index in [9.17, 15) is 0 Å². The van der Waals surface area contributed by atoms with Gasteiger partial charge < -0.3 is 4.57 Å². The Morgan fingerprint density at radius 1 is 0.531 bits per heavy atom. The molecule has 0 radical (unpaired) electrons. The smallest absolute Gasteiger partial charge is 0.0575 e. The van der Waals surface area contributed by atoms with Gasteiger partial charge in [-0.3, -0.25) is 0 Å². The Morgan fingerprint density at radius 2 is 1.09 bits per heavy atom. The van der Waals surface area contributed by atoms with Crippen molar-refractivity contribution in [1.29, 1.82) is 0 Å². The van der Waals surface area contributed by atoms with Crippen LogP contribution in [0.3, 0.4) is 0 Å². The molecule has 1 heteroatoms. The van der Waals surface area contributed by atoms with Gasteiger partial charge in [0.15, 0.2) is 0 Å². The van der Waals surface area contributed by atoms with Gasteiger partial charge in [0, 0.05) is 34.3 Å². The van der Waals surface area contributed by atoms with E-state index in [2.05, 4.69) is 123 Å². The molecule has 6 aromatic rings. The van der Waals surface area contributed by atoms with Gasteiger partial charge in [-0.15, -0.1) is 0 Å². The van der Waals surface area contributed by atoms with E-state index in [0.717, 1.165) is 0 Å². The van der Waals surface area contributed by atoms with Crippen LogP contribution in [0, 0.1) is 13.8 Å². The van der Waals surface area contributed by atoms with E-state index in [1.54, 1.807) is 0 Å². The van der Waals surface area contributed by atoms with Gasteiger partial charge in [0.25, 0.3) is 0 Å². The highest BCUT2D eigenvalue weighted by Crippen LogP contribution is 2.48. The van der Waals surface area contributed by atoms with Crippen molar-refractivity contribution in [2.45, 2.75) is 13.8 Å². The molecule has 0 saturated carbocycles. The molecule has 32 heavy (non-hydrogen) atoms. The van der Waals surface area contributed by atoms with Crippen LogP contribution in [0.2, 0.25) is 0 Å². The molecule has 0 fully saturated rings. The Morgan fingerprint density at radius 3 is 1.75 bits per heavy atom. The number of fused-ring (bicyclic) bond motifs is 5. The normalized spacial score (nSPS) is 11.6. The molecular weight excluding hydrogens is 386 g/mol. The first-order chi connectivity index (χ1) is 15.7. The highest BCUT2D eigenvalue weighted by molar-refractivity contribution is 6.28. The van der Waals surface area contributed by atoms with Crippen LogP contribution in [-0.4, -0.2) is 4.57 Å². The van der Waals surface area contributed by atoms with Gasteiger partial charge in [0.2, 0.25) is 0 Å². The van der Waals surface area contributed by atoms with Gasteiger partial charge in [-0.05, 0) is 53.1 Å². The first-order valence-electron chi connectivity index (χ1n) is 11.2. The summed E-state index contributed by atoms with van der Waals surface area (Å²) >= 11 is 0. The molecule has 1 nitrogen and oxygen atoms in total. The van der Waals surface area contributed by atoms with Gasteiger partial charge in [-0.25, -0.2) is 0 Å². The van der Waals surface area contributed by atoms with Crippen molar-refractivity contribution in [3.05, 3.63) is 108 Å². The summed E-state index contributed by atoms with van der Waals surface area (Å²) in [6.07, 6.45) is 0. The van der Waals surface area contributed by atoms with Gasteiger partial charge in [-0.2, -0.15) is 0 Å². The minimum Gasteiger partial charge on any atom is -0.343 e. The average Bonchev–Trinajstić information content (AvgIpc) is 3.14. The van der Waals surface area contributed by atoms with E-state index in [4.69, 9.17) is 0 Å². The van der Waals surface area contributed by atoms with E-state index < -0.39 is 0 Å². The number of nitrogens with zero attached hydrogens (tertiary/aromatic N) is 1. The molecular formula is C31H25N. The fourth-order valence-corrected chi connectivity index (χ4v) is 5.33. The highest BCUT2D eigenvalue weighted by Gasteiger charge is 2.23. The highest BCUT2D eigenvalue weighted by atomic mass is 14.9. The number of aromatic nitrogens is 1. The third-order valence-corrected chi connectivity index (χ3v) is 6.97. The second-order valence-corrected chi connectivity index (χ2v) is 8.71. The van der Waals surface area contributed by atoms with Crippen LogP contribution in [0.1, 0.15) is 11.1 Å². The molecule has 0 amide bonds. The fourth-order valence-electron chi connectivity index (χ4n) is 5.33. The molecule has 0 aliphatic heterocycles. The lowest BCUT2D eigenvalue weighted by Gasteiger charge is -2.20. The lowest BCUT2D eigenvalue weighted by atomic mass is 9.84. The van der Waals surface area contributed by atoms with Gasteiger partial charge in [0.1, 0.15) is 0 Å². The molecule has 0 N–H and O–H groups in total. The van der Waals surface area contributed by atoms with Crippen LogP contribution in [0.4, 0.5) is 0 Å². The molecule has 5 aromatic carbocycles. The Bertz CT molecular complexity index is 1620. The zero-order valence-electron chi connectivity index (χ0n) is 18.7. The third-order valence-electron chi connectivity index (χ3n) is 6.97. The average molecular weight is 412 g/mol. The summed E-state index contributed by atoms with van der Waals surface area (Å²) < 4.78 is 2.38. The molecule has 1 aromatic heterocycles. The van der Waals surface area contributed by atoms with Crippen molar-refractivity contribution in [2.24, 2.45) is 7.05 Å². The first-order valence-corrected chi connectivity index (χ1v) is 11.2. The Hall–Kier alpha value is -3.84. The zero-order chi connectivity index (χ0) is 21.8. The largest absolute Gasteiger partial charge is 0.343 e. The molecule has 1 heterocycles. The Kier molecular flexibility index (Phi) is 4.19. The predicted octanol–water partition coefficient (Wildman–Crippen LogP) is 8.44. The van der Waals surface area contributed by atoms with Crippen molar-refractivity contribution < 1.29 is 0 Å². The van der Waals surface area contributed by atoms with Gasteiger partial charge in [-0.1, -0.05) is 91.0 Å². The SMILES string of the molecule is Cc1ccc2c(c1C)c(-c1ccccc1)c(-c1ccccc1)c1c3ccccc3n(C)c21. The maximum atomic E-state index is 2.38. The lowest BCUT2D eigenvalue weighted by Crippen LogP contribution is -1.96. The second kappa shape index (κ2) is 7.10. The number of benzene rings is 5. The monoisotopic (exact) mass is 411 g/mol. The predicted molar refractivity (Wildman–Crippen MR) is 138 cm³/mol. The fraction of sp³-hybridized carbons (Fsp3) is 0.0968. The molecule has 6 rings (SSSR count). The quantitative estimate of drug-likeness (QED) is 0.269. The lowest BCUT2D eigenvalue weighted by molar-refractivity contribution is 1.02. The number of rotatable bonds is 2. The second-order valence-electron chi connectivity index (χ2n) is 8.71. The topological polar surface area (TPSA) is 4.93 Å². The maximum absolute atomic E-state index is 2.38. The summed E-state index contributed by atoms with van der Waals surface area (Å²) in [6, 6.07) is 35.2. The van der Waals surface area contributed by atoms with Crippen molar-refractivity contribution >= 4 is 32.6 Å². The van der Waals surface area contributed by atoms with Crippen LogP contribution < -0.4 is 0 Å². The Labute approximate surface area is 188 Å². The molecule has 0 aliphatic carbocycles. The van der Waals surface area contributed by atoms with Crippen LogP contribution in [0.15, 0.2) is 97.1 Å². The summed E-state index contributed by atoms with van der Waals surface area (Å²) in [6.45, 7) is 4.49. The molecule has 0 saturated heterocycles. The summed E-state index contributed by atoms with van der Waals surface area (Å²) in [7, 11) is 2.20. The van der Waals surface area contributed by atoms with Crippen molar-refractivity contribution in [1.82, 2.24) is 4.57 Å². The molecule has 0 atom stereocenters. The van der Waals surface area contributed by atoms with Gasteiger partial charge >= 0.3 is 0 Å². The van der Waals surface area contributed by atoms with E-state index >= 15 is 0 Å². The Balaban J connectivity index is 2.01. The number of hydrogen-bond donors (Lipinski definition) is 0. The van der Waals surface area contributed by atoms with E-state index in [0.29, 0.717) is 0 Å². The summed E-state index contributed by atoms with van der Waals surface area (Å²) in [5, 5.41) is 5.32. The van der Waals surface area contributed by atoms with Crippen LogP contribution in [-0.2, 0) is 7.05 Å². The standard InChI is InChI=1S/C31H25N/c1-20-18-19-25-27(21(20)2)28(22-12-6-4-7-13-22)29(23-14-8-5-9-15-23)30-24-16-10-11-17-26(24)32(3)31(25)30/h4-19H,1-3H3. The summed E-state index contributed by atoms with van der Waals surface area (Å²) in [5.74, 6) is 0. The molecule has 0 unspecified atom stereocenters. The molecule has 0 spiro atoms. The third kappa shape index (κ3) is 2.58. The first kappa shape index (κ1) is 18.9. The van der Waals surface area contributed by atoms with Crippen molar-refractivity contribution in [3.8, 4) is 22.3 Å². The van der Waals surface area contributed by atoms with Gasteiger partial charge in [0.05, 0.1) is 5.52 Å². The zero-order valence-corrected chi connectivity index (χ0v) is 18.7. The van der Waals surface area contributed by atoms with E-state index in [1.165, 1.54) is 66.0 Å². The molecule has 0 bridgehead atoms. The minimum absolute atomic E-state index is 1.26. The van der Waals surface area contributed by atoms with Crippen molar-refractivity contribution in [2.75, 3.05) is 0 Å². The van der Waals surface area contributed by atoms with E-state index in [1.807, 2.05) is 0 Å². The van der Waals surface area contributed by atoms with E-state index in [-0.39, 0.29) is 0 Å². The maximum Gasteiger partial charge on any atom is 0.0575 e. The van der Waals surface area contributed by atoms with Crippen LogP contribution in [0.5, 0.6) is 0 Å². The van der Waals surface area contributed by atoms with Crippen LogP contribution in [0.25, 0.3) is 54.8 Å².